The number of amides is 1. The first kappa shape index (κ1) is 20.8. The van der Waals surface area contributed by atoms with Crippen molar-refractivity contribution >= 4 is 28.2 Å². The molecule has 0 saturated carbocycles. The fourth-order valence-electron chi connectivity index (χ4n) is 3.07. The van der Waals surface area contributed by atoms with Crippen LogP contribution in [0.15, 0.2) is 60.0 Å². The molecule has 0 bridgehead atoms. The van der Waals surface area contributed by atoms with E-state index in [9.17, 15) is 9.59 Å². The van der Waals surface area contributed by atoms with Gasteiger partial charge in [-0.05, 0) is 29.5 Å². The van der Waals surface area contributed by atoms with Gasteiger partial charge in [-0.15, -0.1) is 11.3 Å². The third kappa shape index (κ3) is 5.12. The van der Waals surface area contributed by atoms with Crippen molar-refractivity contribution in [2.75, 3.05) is 11.9 Å². The standard InChI is InChI=1S/C24H25NO3S/c1-4-28-24(27)22-20(19-12-10-18(11-13-19)16(2)3)15-29-23(22)25-21(26)14-17-8-6-5-7-9-17/h5-13,15-16H,4,14H2,1-3H3,(H,25,26). The maximum atomic E-state index is 12.7. The zero-order chi connectivity index (χ0) is 20.8. The summed E-state index contributed by atoms with van der Waals surface area (Å²) >= 11 is 1.34. The molecule has 0 aliphatic rings. The second kappa shape index (κ2) is 9.52. The number of nitrogens with one attached hydrogen (secondary N) is 1. The van der Waals surface area contributed by atoms with E-state index >= 15 is 0 Å². The fraction of sp³-hybridized carbons (Fsp3) is 0.250. The second-order valence-electron chi connectivity index (χ2n) is 7.06. The van der Waals surface area contributed by atoms with Crippen LogP contribution in [0.1, 0.15) is 48.2 Å². The smallest absolute Gasteiger partial charge is 0.341 e. The minimum atomic E-state index is -0.424. The molecule has 1 heterocycles. The van der Waals surface area contributed by atoms with E-state index in [1.165, 1.54) is 16.9 Å². The first-order chi connectivity index (χ1) is 14.0. The van der Waals surface area contributed by atoms with Crippen LogP contribution in [0.2, 0.25) is 0 Å². The van der Waals surface area contributed by atoms with Gasteiger partial charge in [0.1, 0.15) is 10.6 Å². The van der Waals surface area contributed by atoms with E-state index in [-0.39, 0.29) is 18.9 Å². The molecule has 150 valence electrons. The van der Waals surface area contributed by atoms with Crippen LogP contribution in [0.4, 0.5) is 5.00 Å². The molecule has 0 aliphatic heterocycles. The Bertz CT molecular complexity index is 975. The van der Waals surface area contributed by atoms with Gasteiger partial charge in [0.15, 0.2) is 0 Å². The Morgan fingerprint density at radius 3 is 2.34 bits per heavy atom. The van der Waals surface area contributed by atoms with E-state index in [4.69, 9.17) is 4.74 Å². The lowest BCUT2D eigenvalue weighted by molar-refractivity contribution is -0.115. The van der Waals surface area contributed by atoms with Gasteiger partial charge in [0.2, 0.25) is 5.91 Å². The number of rotatable bonds is 7. The van der Waals surface area contributed by atoms with Crippen molar-refractivity contribution in [2.45, 2.75) is 33.1 Å². The predicted octanol–water partition coefficient (Wildman–Crippen LogP) is 5.90. The van der Waals surface area contributed by atoms with Gasteiger partial charge in [0, 0.05) is 10.9 Å². The molecule has 0 saturated heterocycles. The SMILES string of the molecule is CCOC(=O)c1c(-c2ccc(C(C)C)cc2)csc1NC(=O)Cc1ccccc1. The van der Waals surface area contributed by atoms with E-state index in [1.54, 1.807) is 6.92 Å². The highest BCUT2D eigenvalue weighted by atomic mass is 32.1. The van der Waals surface area contributed by atoms with Crippen molar-refractivity contribution in [3.05, 3.63) is 76.7 Å². The summed E-state index contributed by atoms with van der Waals surface area (Å²) in [6, 6.07) is 17.7. The molecular weight excluding hydrogens is 382 g/mol. The molecule has 1 aromatic heterocycles. The molecule has 0 radical (unpaired) electrons. The molecule has 1 amide bonds. The topological polar surface area (TPSA) is 55.4 Å². The third-order valence-corrected chi connectivity index (χ3v) is 5.51. The summed E-state index contributed by atoms with van der Waals surface area (Å²) in [5, 5.41) is 5.32. The summed E-state index contributed by atoms with van der Waals surface area (Å²) in [6.07, 6.45) is 0.249. The maximum absolute atomic E-state index is 12.7. The second-order valence-corrected chi connectivity index (χ2v) is 7.94. The maximum Gasteiger partial charge on any atom is 0.341 e. The van der Waals surface area contributed by atoms with Gasteiger partial charge in [-0.2, -0.15) is 0 Å². The molecule has 5 heteroatoms. The fourth-order valence-corrected chi connectivity index (χ4v) is 4.04. The quantitative estimate of drug-likeness (QED) is 0.496. The lowest BCUT2D eigenvalue weighted by atomic mass is 9.98. The van der Waals surface area contributed by atoms with Crippen LogP contribution in [-0.2, 0) is 16.0 Å². The Morgan fingerprint density at radius 2 is 1.72 bits per heavy atom. The van der Waals surface area contributed by atoms with Crippen LogP contribution < -0.4 is 5.32 Å². The van der Waals surface area contributed by atoms with Crippen molar-refractivity contribution in [3.8, 4) is 11.1 Å². The minimum absolute atomic E-state index is 0.162. The Hall–Kier alpha value is -2.92. The molecule has 0 atom stereocenters. The number of carbonyl (C=O) groups excluding carboxylic acids is 2. The van der Waals surface area contributed by atoms with Crippen LogP contribution in [0.5, 0.6) is 0 Å². The highest BCUT2D eigenvalue weighted by molar-refractivity contribution is 7.15. The number of carbonyl (C=O) groups is 2. The van der Waals surface area contributed by atoms with Crippen LogP contribution >= 0.6 is 11.3 Å². The normalized spacial score (nSPS) is 10.8. The number of esters is 1. The number of benzene rings is 2. The first-order valence-corrected chi connectivity index (χ1v) is 10.6. The van der Waals surface area contributed by atoms with E-state index < -0.39 is 5.97 Å². The van der Waals surface area contributed by atoms with E-state index in [0.717, 1.165) is 16.7 Å². The monoisotopic (exact) mass is 407 g/mol. The molecule has 3 rings (SSSR count). The largest absolute Gasteiger partial charge is 0.462 e. The molecule has 0 aliphatic carbocycles. The van der Waals surface area contributed by atoms with Gasteiger partial charge < -0.3 is 10.1 Å². The van der Waals surface area contributed by atoms with Crippen molar-refractivity contribution < 1.29 is 14.3 Å². The Balaban J connectivity index is 1.89. The molecule has 3 aromatic rings. The number of thiophene rings is 1. The third-order valence-electron chi connectivity index (χ3n) is 4.62. The molecular formula is C24H25NO3S. The van der Waals surface area contributed by atoms with Crippen molar-refractivity contribution in [1.29, 1.82) is 0 Å². The van der Waals surface area contributed by atoms with Crippen molar-refractivity contribution in [2.24, 2.45) is 0 Å². The van der Waals surface area contributed by atoms with Gasteiger partial charge in [-0.3, -0.25) is 4.79 Å². The Kier molecular flexibility index (Phi) is 6.83. The molecule has 0 fully saturated rings. The van der Waals surface area contributed by atoms with Gasteiger partial charge in [-0.1, -0.05) is 68.4 Å². The Morgan fingerprint density at radius 1 is 1.03 bits per heavy atom. The molecule has 2 aromatic carbocycles. The summed E-state index contributed by atoms with van der Waals surface area (Å²) in [6.45, 7) is 6.33. The summed E-state index contributed by atoms with van der Waals surface area (Å²) in [7, 11) is 0. The van der Waals surface area contributed by atoms with Gasteiger partial charge >= 0.3 is 5.97 Å². The molecule has 0 spiro atoms. The average molecular weight is 408 g/mol. The number of hydrogen-bond donors (Lipinski definition) is 1. The summed E-state index contributed by atoms with van der Waals surface area (Å²) in [5.41, 5.74) is 4.27. The van der Waals surface area contributed by atoms with Gasteiger partial charge in [0.05, 0.1) is 13.0 Å². The molecule has 29 heavy (non-hydrogen) atoms. The van der Waals surface area contributed by atoms with E-state index in [2.05, 4.69) is 31.3 Å². The molecule has 4 nitrogen and oxygen atoms in total. The van der Waals surface area contributed by atoms with E-state index in [0.29, 0.717) is 16.5 Å². The number of ether oxygens (including phenoxy) is 1. The van der Waals surface area contributed by atoms with Crippen molar-refractivity contribution in [1.82, 2.24) is 0 Å². The highest BCUT2D eigenvalue weighted by Gasteiger charge is 2.23. The van der Waals surface area contributed by atoms with Crippen LogP contribution in [0.3, 0.4) is 0 Å². The lowest BCUT2D eigenvalue weighted by Gasteiger charge is -2.10. The average Bonchev–Trinajstić information content (AvgIpc) is 3.12. The highest BCUT2D eigenvalue weighted by Crippen LogP contribution is 2.36. The van der Waals surface area contributed by atoms with Crippen molar-refractivity contribution in [3.63, 3.8) is 0 Å². The van der Waals surface area contributed by atoms with Crippen LogP contribution in [0, 0.1) is 0 Å². The van der Waals surface area contributed by atoms with E-state index in [1.807, 2.05) is 47.8 Å². The van der Waals surface area contributed by atoms with Crippen LogP contribution in [-0.4, -0.2) is 18.5 Å². The zero-order valence-corrected chi connectivity index (χ0v) is 17.7. The number of hydrogen-bond acceptors (Lipinski definition) is 4. The predicted molar refractivity (Wildman–Crippen MR) is 119 cm³/mol. The molecule has 0 unspecified atom stereocenters. The molecule has 1 N–H and O–H groups in total. The Labute approximate surface area is 175 Å². The summed E-state index contributed by atoms with van der Waals surface area (Å²) in [5.74, 6) is -0.152. The first-order valence-electron chi connectivity index (χ1n) is 9.72. The zero-order valence-electron chi connectivity index (χ0n) is 16.9. The lowest BCUT2D eigenvalue weighted by Crippen LogP contribution is -2.16. The summed E-state index contributed by atoms with van der Waals surface area (Å²) in [4.78, 5) is 25.2. The van der Waals surface area contributed by atoms with Gasteiger partial charge in [-0.25, -0.2) is 4.79 Å². The van der Waals surface area contributed by atoms with Gasteiger partial charge in [0.25, 0.3) is 0 Å². The van der Waals surface area contributed by atoms with Crippen LogP contribution in [0.25, 0.3) is 11.1 Å². The minimum Gasteiger partial charge on any atom is -0.462 e. The summed E-state index contributed by atoms with van der Waals surface area (Å²) < 4.78 is 5.27. The number of anilines is 1.